The molecule has 1 atom stereocenters. The Bertz CT molecular complexity index is 899. The average molecular weight is 423 g/mol. The number of rotatable bonds is 7. The Balaban J connectivity index is 1.42. The topological polar surface area (TPSA) is 64.7 Å². The van der Waals surface area contributed by atoms with Gasteiger partial charge in [-0.05, 0) is 49.9 Å². The van der Waals surface area contributed by atoms with Crippen LogP contribution >= 0.6 is 0 Å². The molecule has 0 bridgehead atoms. The molecule has 0 aromatic heterocycles. The normalized spacial score (nSPS) is 15.5. The molecule has 1 heterocycles. The van der Waals surface area contributed by atoms with Gasteiger partial charge in [-0.1, -0.05) is 42.5 Å². The number of hydrogen-bond donors (Lipinski definition) is 2. The van der Waals surface area contributed by atoms with E-state index in [-0.39, 0.29) is 17.9 Å². The van der Waals surface area contributed by atoms with E-state index in [0.717, 1.165) is 16.8 Å². The van der Waals surface area contributed by atoms with Gasteiger partial charge in [0.2, 0.25) is 11.8 Å². The molecule has 3 rings (SSSR count). The number of para-hydroxylation sites is 1. The van der Waals surface area contributed by atoms with E-state index in [1.807, 2.05) is 49.1 Å². The molecule has 0 spiro atoms. The summed E-state index contributed by atoms with van der Waals surface area (Å²) in [4.78, 5) is 29.1. The van der Waals surface area contributed by atoms with Crippen LogP contribution in [0.2, 0.25) is 0 Å². The van der Waals surface area contributed by atoms with Gasteiger partial charge in [-0.15, -0.1) is 0 Å². The van der Waals surface area contributed by atoms with Gasteiger partial charge < -0.3 is 15.5 Å². The standard InChI is InChI=1S/C25H34N4O2/c1-18-8-5-6-11-22(18)21(4)26-16-24(31)29-14-12-28(13-15-29)17-23(30)27-25-19(2)9-7-10-20(25)3/h5-11,21,26H,12-17H2,1-4H3,(H,27,30). The van der Waals surface area contributed by atoms with Crippen LogP contribution in [0.5, 0.6) is 0 Å². The molecule has 31 heavy (non-hydrogen) atoms. The van der Waals surface area contributed by atoms with Crippen molar-refractivity contribution in [2.75, 3.05) is 44.6 Å². The number of carbonyl (C=O) groups is 2. The van der Waals surface area contributed by atoms with E-state index in [9.17, 15) is 9.59 Å². The lowest BCUT2D eigenvalue weighted by Crippen LogP contribution is -2.52. The second-order valence-electron chi connectivity index (χ2n) is 8.43. The van der Waals surface area contributed by atoms with Crippen LogP contribution in [-0.4, -0.2) is 60.9 Å². The molecule has 1 aliphatic heterocycles. The number of anilines is 1. The van der Waals surface area contributed by atoms with E-state index in [0.29, 0.717) is 39.3 Å². The number of aryl methyl sites for hydroxylation is 3. The molecule has 1 unspecified atom stereocenters. The van der Waals surface area contributed by atoms with Crippen LogP contribution in [0.15, 0.2) is 42.5 Å². The van der Waals surface area contributed by atoms with Crippen LogP contribution in [0.1, 0.15) is 35.2 Å². The third-order valence-electron chi connectivity index (χ3n) is 6.05. The smallest absolute Gasteiger partial charge is 0.238 e. The van der Waals surface area contributed by atoms with E-state index < -0.39 is 0 Å². The summed E-state index contributed by atoms with van der Waals surface area (Å²) in [5, 5.41) is 6.39. The largest absolute Gasteiger partial charge is 0.339 e. The third-order valence-corrected chi connectivity index (χ3v) is 6.05. The van der Waals surface area contributed by atoms with Crippen molar-refractivity contribution >= 4 is 17.5 Å². The predicted octanol–water partition coefficient (Wildman–Crippen LogP) is 3.05. The molecule has 0 radical (unpaired) electrons. The average Bonchev–Trinajstić information content (AvgIpc) is 2.75. The van der Waals surface area contributed by atoms with E-state index in [4.69, 9.17) is 0 Å². The molecule has 2 aromatic rings. The van der Waals surface area contributed by atoms with E-state index in [1.54, 1.807) is 0 Å². The number of nitrogens with zero attached hydrogens (tertiary/aromatic N) is 2. The lowest BCUT2D eigenvalue weighted by Gasteiger charge is -2.34. The Hall–Kier alpha value is -2.70. The number of amides is 2. The first-order valence-corrected chi connectivity index (χ1v) is 11.0. The first-order chi connectivity index (χ1) is 14.8. The Morgan fingerprint density at radius 1 is 0.903 bits per heavy atom. The SMILES string of the molecule is Cc1ccccc1C(C)NCC(=O)N1CCN(CC(=O)Nc2c(C)cccc2C)CC1. The molecular weight excluding hydrogens is 388 g/mol. The van der Waals surface area contributed by atoms with Crippen molar-refractivity contribution in [3.05, 3.63) is 64.7 Å². The zero-order valence-corrected chi connectivity index (χ0v) is 19.1. The van der Waals surface area contributed by atoms with Gasteiger partial charge in [0.25, 0.3) is 0 Å². The fourth-order valence-corrected chi connectivity index (χ4v) is 4.08. The van der Waals surface area contributed by atoms with Crippen molar-refractivity contribution in [3.63, 3.8) is 0 Å². The summed E-state index contributed by atoms with van der Waals surface area (Å²) >= 11 is 0. The number of hydrogen-bond acceptors (Lipinski definition) is 4. The molecular formula is C25H34N4O2. The summed E-state index contributed by atoms with van der Waals surface area (Å²) in [7, 11) is 0. The molecule has 2 N–H and O–H groups in total. The molecule has 1 aliphatic rings. The van der Waals surface area contributed by atoms with Crippen LogP contribution < -0.4 is 10.6 Å². The minimum Gasteiger partial charge on any atom is -0.339 e. The fraction of sp³-hybridized carbons (Fsp3) is 0.440. The van der Waals surface area contributed by atoms with Gasteiger partial charge in [0, 0.05) is 37.9 Å². The molecule has 6 heteroatoms. The van der Waals surface area contributed by atoms with Gasteiger partial charge in [0.05, 0.1) is 13.1 Å². The van der Waals surface area contributed by atoms with Gasteiger partial charge in [-0.2, -0.15) is 0 Å². The lowest BCUT2D eigenvalue weighted by atomic mass is 10.0. The fourth-order valence-electron chi connectivity index (χ4n) is 4.08. The maximum atomic E-state index is 12.6. The highest BCUT2D eigenvalue weighted by atomic mass is 16.2. The maximum absolute atomic E-state index is 12.6. The Morgan fingerprint density at radius 3 is 2.16 bits per heavy atom. The van der Waals surface area contributed by atoms with Crippen molar-refractivity contribution in [1.82, 2.24) is 15.1 Å². The molecule has 166 valence electrons. The number of carbonyl (C=O) groups excluding carboxylic acids is 2. The summed E-state index contributed by atoms with van der Waals surface area (Å²) in [6.45, 7) is 11.6. The summed E-state index contributed by atoms with van der Waals surface area (Å²) in [5.74, 6) is 0.103. The zero-order valence-electron chi connectivity index (χ0n) is 19.1. The summed E-state index contributed by atoms with van der Waals surface area (Å²) < 4.78 is 0. The monoisotopic (exact) mass is 422 g/mol. The van der Waals surface area contributed by atoms with Crippen molar-refractivity contribution in [1.29, 1.82) is 0 Å². The molecule has 2 amide bonds. The highest BCUT2D eigenvalue weighted by Gasteiger charge is 2.23. The predicted molar refractivity (Wildman–Crippen MR) is 125 cm³/mol. The first-order valence-electron chi connectivity index (χ1n) is 11.0. The van der Waals surface area contributed by atoms with Gasteiger partial charge >= 0.3 is 0 Å². The van der Waals surface area contributed by atoms with Gasteiger partial charge in [0.15, 0.2) is 0 Å². The summed E-state index contributed by atoms with van der Waals surface area (Å²) in [6.07, 6.45) is 0. The molecule has 0 saturated carbocycles. The molecule has 1 saturated heterocycles. The van der Waals surface area contributed by atoms with Gasteiger partial charge in [0.1, 0.15) is 0 Å². The van der Waals surface area contributed by atoms with E-state index >= 15 is 0 Å². The van der Waals surface area contributed by atoms with Crippen molar-refractivity contribution in [3.8, 4) is 0 Å². The number of piperazine rings is 1. The zero-order chi connectivity index (χ0) is 22.4. The highest BCUT2D eigenvalue weighted by Crippen LogP contribution is 2.19. The van der Waals surface area contributed by atoms with Crippen LogP contribution in [0.4, 0.5) is 5.69 Å². The van der Waals surface area contributed by atoms with Crippen LogP contribution in [0, 0.1) is 20.8 Å². The first kappa shape index (κ1) is 23.0. The molecule has 6 nitrogen and oxygen atoms in total. The summed E-state index contributed by atoms with van der Waals surface area (Å²) in [5.41, 5.74) is 5.47. The number of nitrogens with one attached hydrogen (secondary N) is 2. The Morgan fingerprint density at radius 2 is 1.52 bits per heavy atom. The van der Waals surface area contributed by atoms with E-state index in [1.165, 1.54) is 11.1 Å². The van der Waals surface area contributed by atoms with Crippen molar-refractivity contribution in [2.24, 2.45) is 0 Å². The third kappa shape index (κ3) is 6.15. The molecule has 1 fully saturated rings. The maximum Gasteiger partial charge on any atom is 0.238 e. The second kappa shape index (κ2) is 10.6. The minimum atomic E-state index is -0.00843. The van der Waals surface area contributed by atoms with Crippen molar-refractivity contribution in [2.45, 2.75) is 33.7 Å². The molecule has 0 aliphatic carbocycles. The van der Waals surface area contributed by atoms with Gasteiger partial charge in [-0.25, -0.2) is 0 Å². The van der Waals surface area contributed by atoms with Crippen LogP contribution in [0.3, 0.4) is 0 Å². The minimum absolute atomic E-state index is 0.00843. The lowest BCUT2D eigenvalue weighted by molar-refractivity contribution is -0.132. The van der Waals surface area contributed by atoms with Crippen LogP contribution in [0.25, 0.3) is 0 Å². The molecule has 2 aromatic carbocycles. The Labute approximate surface area is 185 Å². The second-order valence-corrected chi connectivity index (χ2v) is 8.43. The van der Waals surface area contributed by atoms with E-state index in [2.05, 4.69) is 41.5 Å². The summed E-state index contributed by atoms with van der Waals surface area (Å²) in [6, 6.07) is 14.4. The Kier molecular flexibility index (Phi) is 7.82. The number of benzene rings is 2. The highest BCUT2D eigenvalue weighted by molar-refractivity contribution is 5.93. The van der Waals surface area contributed by atoms with Crippen molar-refractivity contribution < 1.29 is 9.59 Å². The van der Waals surface area contributed by atoms with Gasteiger partial charge in [-0.3, -0.25) is 14.5 Å². The quantitative estimate of drug-likeness (QED) is 0.720. The van der Waals surface area contributed by atoms with Crippen LogP contribution in [-0.2, 0) is 9.59 Å².